The first-order valence-corrected chi connectivity index (χ1v) is 7.75. The maximum Gasteiger partial charge on any atom is 0.118 e. The molecule has 2 aromatic rings. The quantitative estimate of drug-likeness (QED) is 0.581. The van der Waals surface area contributed by atoms with Gasteiger partial charge < -0.3 is 9.47 Å². The first kappa shape index (κ1) is 16.5. The highest BCUT2D eigenvalue weighted by Crippen LogP contribution is 2.32. The molecule has 0 unspecified atom stereocenters. The summed E-state index contributed by atoms with van der Waals surface area (Å²) in [6.45, 7) is 0. The van der Waals surface area contributed by atoms with Crippen LogP contribution >= 0.6 is 11.9 Å². The molecule has 0 spiro atoms. The smallest absolute Gasteiger partial charge is 0.118 e. The zero-order valence-corrected chi connectivity index (χ0v) is 14.2. The lowest BCUT2D eigenvalue weighted by molar-refractivity contribution is 0.414. The largest absolute Gasteiger partial charge is 0.497 e. The van der Waals surface area contributed by atoms with Crippen molar-refractivity contribution in [2.24, 2.45) is 0 Å². The molecule has 0 fully saturated rings. The van der Waals surface area contributed by atoms with E-state index in [-0.39, 0.29) is 0 Å². The number of benzene rings is 2. The van der Waals surface area contributed by atoms with Gasteiger partial charge in [-0.2, -0.15) is 0 Å². The molecule has 0 aliphatic rings. The molecule has 22 heavy (non-hydrogen) atoms. The Bertz CT molecular complexity index is 619. The van der Waals surface area contributed by atoms with Crippen LogP contribution in [-0.2, 0) is 0 Å². The predicted molar refractivity (Wildman–Crippen MR) is 95.1 cm³/mol. The van der Waals surface area contributed by atoms with Crippen molar-refractivity contribution in [2.45, 2.75) is 0 Å². The van der Waals surface area contributed by atoms with Crippen molar-refractivity contribution in [3.63, 3.8) is 0 Å². The lowest BCUT2D eigenvalue weighted by atomic mass is 10.1. The van der Waals surface area contributed by atoms with Gasteiger partial charge in [-0.05, 0) is 67.5 Å². The number of rotatable bonds is 6. The SMILES string of the molecule is COc1ccc(C=C(SN(C)C)c2ccc(OC)cc2)cc1. The van der Waals surface area contributed by atoms with Crippen molar-refractivity contribution in [2.75, 3.05) is 28.3 Å². The van der Waals surface area contributed by atoms with Gasteiger partial charge in [0.2, 0.25) is 0 Å². The Labute approximate surface area is 136 Å². The summed E-state index contributed by atoms with van der Waals surface area (Å²) in [5, 5.41) is 0. The van der Waals surface area contributed by atoms with Crippen LogP contribution in [0.1, 0.15) is 11.1 Å². The molecule has 0 N–H and O–H groups in total. The van der Waals surface area contributed by atoms with Gasteiger partial charge >= 0.3 is 0 Å². The number of ether oxygens (including phenoxy) is 2. The third-order valence-corrected chi connectivity index (χ3v) is 3.98. The number of methoxy groups -OCH3 is 2. The zero-order valence-electron chi connectivity index (χ0n) is 13.4. The van der Waals surface area contributed by atoms with Gasteiger partial charge in [-0.3, -0.25) is 4.31 Å². The molecular formula is C18H21NO2S. The van der Waals surface area contributed by atoms with Gasteiger partial charge in [-0.1, -0.05) is 24.3 Å². The monoisotopic (exact) mass is 315 g/mol. The van der Waals surface area contributed by atoms with Crippen LogP contribution in [-0.4, -0.2) is 32.6 Å². The highest BCUT2D eigenvalue weighted by molar-refractivity contribution is 8.06. The van der Waals surface area contributed by atoms with Crippen molar-refractivity contribution < 1.29 is 9.47 Å². The molecule has 2 aromatic carbocycles. The van der Waals surface area contributed by atoms with Gasteiger partial charge in [0.1, 0.15) is 11.5 Å². The van der Waals surface area contributed by atoms with E-state index in [0.29, 0.717) is 0 Å². The lowest BCUT2D eigenvalue weighted by Crippen LogP contribution is -1.99. The summed E-state index contributed by atoms with van der Waals surface area (Å²) in [6.07, 6.45) is 2.17. The third kappa shape index (κ3) is 4.55. The molecule has 0 amide bonds. The van der Waals surface area contributed by atoms with Crippen LogP contribution in [0.2, 0.25) is 0 Å². The standard InChI is InChI=1S/C18H21NO2S/c1-19(2)22-18(15-7-11-17(21-4)12-8-15)13-14-5-9-16(20-3)10-6-14/h5-13H,1-4H3. The van der Waals surface area contributed by atoms with E-state index < -0.39 is 0 Å². The molecule has 0 radical (unpaired) electrons. The fourth-order valence-corrected chi connectivity index (χ4v) is 2.79. The molecule has 0 atom stereocenters. The maximum absolute atomic E-state index is 5.22. The second kappa shape index (κ2) is 7.92. The first-order valence-electron chi connectivity index (χ1n) is 6.98. The fourth-order valence-electron chi connectivity index (χ4n) is 1.97. The molecular weight excluding hydrogens is 294 g/mol. The van der Waals surface area contributed by atoms with Crippen LogP contribution in [0, 0.1) is 0 Å². The minimum absolute atomic E-state index is 0.863. The summed E-state index contributed by atoms with van der Waals surface area (Å²) in [5.41, 5.74) is 2.30. The van der Waals surface area contributed by atoms with Gasteiger partial charge in [0.05, 0.1) is 14.2 Å². The second-order valence-corrected chi connectivity index (χ2v) is 6.27. The van der Waals surface area contributed by atoms with Crippen molar-refractivity contribution in [1.82, 2.24) is 4.31 Å². The Morgan fingerprint density at radius 2 is 1.36 bits per heavy atom. The molecule has 0 saturated heterocycles. The topological polar surface area (TPSA) is 21.7 Å². The number of hydrogen-bond donors (Lipinski definition) is 0. The van der Waals surface area contributed by atoms with E-state index in [1.165, 1.54) is 4.91 Å². The molecule has 2 rings (SSSR count). The average molecular weight is 315 g/mol. The van der Waals surface area contributed by atoms with Crippen LogP contribution in [0.3, 0.4) is 0 Å². The Kier molecular flexibility index (Phi) is 5.92. The van der Waals surface area contributed by atoms with Gasteiger partial charge in [0.25, 0.3) is 0 Å². The highest BCUT2D eigenvalue weighted by atomic mass is 32.2. The summed E-state index contributed by atoms with van der Waals surface area (Å²) in [6, 6.07) is 16.2. The van der Waals surface area contributed by atoms with Crippen LogP contribution in [0.25, 0.3) is 11.0 Å². The van der Waals surface area contributed by atoms with E-state index in [1.54, 1.807) is 26.2 Å². The maximum atomic E-state index is 5.22. The lowest BCUT2D eigenvalue weighted by Gasteiger charge is -2.13. The first-order chi connectivity index (χ1) is 10.6. The normalized spacial score (nSPS) is 11.6. The van der Waals surface area contributed by atoms with E-state index in [4.69, 9.17) is 9.47 Å². The van der Waals surface area contributed by atoms with Gasteiger partial charge in [-0.25, -0.2) is 0 Å². The van der Waals surface area contributed by atoms with E-state index in [9.17, 15) is 0 Å². The average Bonchev–Trinajstić information content (AvgIpc) is 2.54. The molecule has 0 aliphatic carbocycles. The molecule has 0 aliphatic heterocycles. The number of hydrogen-bond acceptors (Lipinski definition) is 4. The molecule has 0 heterocycles. The van der Waals surface area contributed by atoms with Crippen LogP contribution in [0.15, 0.2) is 48.5 Å². The van der Waals surface area contributed by atoms with Gasteiger partial charge in [0, 0.05) is 4.91 Å². The van der Waals surface area contributed by atoms with Crippen molar-refractivity contribution in [1.29, 1.82) is 0 Å². The Balaban J connectivity index is 2.32. The Morgan fingerprint density at radius 1 is 0.864 bits per heavy atom. The summed E-state index contributed by atoms with van der Waals surface area (Å²) >= 11 is 1.69. The second-order valence-electron chi connectivity index (χ2n) is 4.91. The van der Waals surface area contributed by atoms with Crippen LogP contribution in [0.5, 0.6) is 11.5 Å². The van der Waals surface area contributed by atoms with Crippen molar-refractivity contribution >= 4 is 22.9 Å². The summed E-state index contributed by atoms with van der Waals surface area (Å²) in [7, 11) is 7.43. The summed E-state index contributed by atoms with van der Waals surface area (Å²) < 4.78 is 12.5. The van der Waals surface area contributed by atoms with Crippen molar-refractivity contribution in [3.8, 4) is 11.5 Å². The minimum Gasteiger partial charge on any atom is -0.497 e. The fraction of sp³-hybridized carbons (Fsp3) is 0.222. The molecule has 0 aromatic heterocycles. The van der Waals surface area contributed by atoms with Crippen LogP contribution < -0.4 is 9.47 Å². The van der Waals surface area contributed by atoms with E-state index in [2.05, 4.69) is 34.6 Å². The number of nitrogens with zero attached hydrogens (tertiary/aromatic N) is 1. The Hall–Kier alpha value is -1.91. The van der Waals surface area contributed by atoms with E-state index >= 15 is 0 Å². The van der Waals surface area contributed by atoms with Crippen molar-refractivity contribution in [3.05, 3.63) is 59.7 Å². The van der Waals surface area contributed by atoms with E-state index in [0.717, 1.165) is 22.6 Å². The van der Waals surface area contributed by atoms with Gasteiger partial charge in [-0.15, -0.1) is 0 Å². The zero-order chi connectivity index (χ0) is 15.9. The van der Waals surface area contributed by atoms with Crippen LogP contribution in [0.4, 0.5) is 0 Å². The predicted octanol–water partition coefficient (Wildman–Crippen LogP) is 4.41. The molecule has 0 saturated carbocycles. The molecule has 4 heteroatoms. The Morgan fingerprint density at radius 3 is 1.82 bits per heavy atom. The third-order valence-electron chi connectivity index (χ3n) is 3.07. The minimum atomic E-state index is 0.863. The highest BCUT2D eigenvalue weighted by Gasteiger charge is 2.06. The summed E-state index contributed by atoms with van der Waals surface area (Å²) in [5.74, 6) is 1.73. The van der Waals surface area contributed by atoms with Gasteiger partial charge in [0.15, 0.2) is 0 Å². The molecule has 116 valence electrons. The molecule has 3 nitrogen and oxygen atoms in total. The summed E-state index contributed by atoms with van der Waals surface area (Å²) in [4.78, 5) is 1.18. The van der Waals surface area contributed by atoms with E-state index in [1.807, 2.05) is 38.4 Å². The molecule has 0 bridgehead atoms.